The first-order valence-corrected chi connectivity index (χ1v) is 11.7. The summed E-state index contributed by atoms with van der Waals surface area (Å²) in [5.41, 5.74) is 2.38. The highest BCUT2D eigenvalue weighted by Gasteiger charge is 2.23. The van der Waals surface area contributed by atoms with Crippen molar-refractivity contribution in [1.29, 1.82) is 0 Å². The molecular formula is C23H34N4O2S. The van der Waals surface area contributed by atoms with Crippen molar-refractivity contribution in [3.63, 3.8) is 0 Å². The fourth-order valence-electron chi connectivity index (χ4n) is 3.45. The molecule has 30 heavy (non-hydrogen) atoms. The standard InChI is InChI=1S/C23H34N4O2S/c1-3-24-23(25-16-19-7-9-20(10-8-19)18-28-4-2)26-17-21(22-6-5-15-30-22)27-11-13-29-14-12-27/h5-10,15,21H,3-4,11-14,16-18H2,1-2H3,(H2,24,25,26). The van der Waals surface area contributed by atoms with Crippen molar-refractivity contribution in [1.82, 2.24) is 15.5 Å². The van der Waals surface area contributed by atoms with E-state index in [1.54, 1.807) is 0 Å². The van der Waals surface area contributed by atoms with Crippen molar-refractivity contribution in [2.45, 2.75) is 33.0 Å². The molecule has 164 valence electrons. The van der Waals surface area contributed by atoms with Gasteiger partial charge in [-0.25, -0.2) is 4.99 Å². The van der Waals surface area contributed by atoms with Gasteiger partial charge in [0.2, 0.25) is 0 Å². The van der Waals surface area contributed by atoms with Gasteiger partial charge < -0.3 is 20.1 Å². The first-order chi connectivity index (χ1) is 14.8. The number of thiophene rings is 1. The van der Waals surface area contributed by atoms with Gasteiger partial charge in [-0.1, -0.05) is 30.3 Å². The molecule has 1 atom stereocenters. The summed E-state index contributed by atoms with van der Waals surface area (Å²) in [4.78, 5) is 8.68. The van der Waals surface area contributed by atoms with E-state index in [4.69, 9.17) is 14.5 Å². The molecule has 1 aromatic carbocycles. The maximum atomic E-state index is 5.55. The van der Waals surface area contributed by atoms with Crippen molar-refractivity contribution >= 4 is 17.3 Å². The first-order valence-electron chi connectivity index (χ1n) is 10.8. The topological polar surface area (TPSA) is 58.1 Å². The highest BCUT2D eigenvalue weighted by molar-refractivity contribution is 7.10. The smallest absolute Gasteiger partial charge is 0.191 e. The van der Waals surface area contributed by atoms with Crippen LogP contribution in [-0.4, -0.2) is 56.9 Å². The number of guanidine groups is 1. The van der Waals surface area contributed by atoms with Crippen LogP contribution in [0.5, 0.6) is 0 Å². The zero-order valence-electron chi connectivity index (χ0n) is 18.1. The zero-order chi connectivity index (χ0) is 21.0. The van der Waals surface area contributed by atoms with Gasteiger partial charge in [-0.3, -0.25) is 4.90 Å². The van der Waals surface area contributed by atoms with Crippen LogP contribution in [0.2, 0.25) is 0 Å². The number of aliphatic imine (C=N–C) groups is 1. The van der Waals surface area contributed by atoms with Crippen LogP contribution in [0.3, 0.4) is 0 Å². The molecule has 0 bridgehead atoms. The summed E-state index contributed by atoms with van der Waals surface area (Å²) in [7, 11) is 0. The third-order valence-corrected chi connectivity index (χ3v) is 6.05. The van der Waals surface area contributed by atoms with E-state index in [1.165, 1.54) is 16.0 Å². The molecule has 2 aromatic rings. The molecule has 1 saturated heterocycles. The Morgan fingerprint density at radius 1 is 1.13 bits per heavy atom. The van der Waals surface area contributed by atoms with Gasteiger partial charge in [0.1, 0.15) is 0 Å². The quantitative estimate of drug-likeness (QED) is 0.447. The molecule has 2 heterocycles. The fourth-order valence-corrected chi connectivity index (χ4v) is 4.31. The average molecular weight is 431 g/mol. The van der Waals surface area contributed by atoms with E-state index in [0.717, 1.165) is 52.0 Å². The average Bonchev–Trinajstić information content (AvgIpc) is 3.32. The molecule has 3 rings (SSSR count). The van der Waals surface area contributed by atoms with Crippen LogP contribution in [-0.2, 0) is 22.6 Å². The number of nitrogens with one attached hydrogen (secondary N) is 2. The first kappa shape index (κ1) is 22.7. The van der Waals surface area contributed by atoms with Crippen molar-refractivity contribution in [3.8, 4) is 0 Å². The van der Waals surface area contributed by atoms with Gasteiger partial charge in [0, 0.05) is 37.7 Å². The molecule has 1 aromatic heterocycles. The molecule has 2 N–H and O–H groups in total. The minimum atomic E-state index is 0.329. The Bertz CT molecular complexity index is 743. The second-order valence-electron chi connectivity index (χ2n) is 7.21. The summed E-state index contributed by atoms with van der Waals surface area (Å²) >= 11 is 1.81. The highest BCUT2D eigenvalue weighted by atomic mass is 32.1. The SMILES string of the molecule is CCNC(=NCc1ccc(COCC)cc1)NCC(c1cccs1)N1CCOCC1. The van der Waals surface area contributed by atoms with E-state index in [-0.39, 0.29) is 0 Å². The third-order valence-electron chi connectivity index (χ3n) is 5.08. The molecule has 7 heteroatoms. The van der Waals surface area contributed by atoms with Gasteiger partial charge >= 0.3 is 0 Å². The summed E-state index contributed by atoms with van der Waals surface area (Å²) in [6, 6.07) is 13.2. The van der Waals surface area contributed by atoms with E-state index in [0.29, 0.717) is 19.2 Å². The van der Waals surface area contributed by atoms with Crippen molar-refractivity contribution < 1.29 is 9.47 Å². The van der Waals surface area contributed by atoms with Crippen LogP contribution in [0.15, 0.2) is 46.8 Å². The number of nitrogens with zero attached hydrogens (tertiary/aromatic N) is 2. The lowest BCUT2D eigenvalue weighted by Gasteiger charge is -2.34. The van der Waals surface area contributed by atoms with Crippen LogP contribution in [0, 0.1) is 0 Å². The molecule has 0 radical (unpaired) electrons. The molecule has 1 unspecified atom stereocenters. The van der Waals surface area contributed by atoms with Gasteiger partial charge in [0.15, 0.2) is 5.96 Å². The van der Waals surface area contributed by atoms with Gasteiger partial charge in [-0.2, -0.15) is 0 Å². The number of hydrogen-bond donors (Lipinski definition) is 2. The lowest BCUT2D eigenvalue weighted by atomic mass is 10.1. The Morgan fingerprint density at radius 3 is 2.57 bits per heavy atom. The number of morpholine rings is 1. The molecule has 1 aliphatic rings. The molecule has 0 saturated carbocycles. The monoisotopic (exact) mass is 430 g/mol. The highest BCUT2D eigenvalue weighted by Crippen LogP contribution is 2.25. The van der Waals surface area contributed by atoms with Crippen LogP contribution in [0.4, 0.5) is 0 Å². The van der Waals surface area contributed by atoms with E-state index in [1.807, 2.05) is 18.3 Å². The minimum absolute atomic E-state index is 0.329. The number of hydrogen-bond acceptors (Lipinski definition) is 5. The summed E-state index contributed by atoms with van der Waals surface area (Å²) < 4.78 is 11.0. The van der Waals surface area contributed by atoms with Gasteiger partial charge in [0.25, 0.3) is 0 Å². The molecule has 1 aliphatic heterocycles. The Kier molecular flexibility index (Phi) is 9.63. The molecular weight excluding hydrogens is 396 g/mol. The minimum Gasteiger partial charge on any atom is -0.379 e. The van der Waals surface area contributed by atoms with Crippen molar-refractivity contribution in [2.75, 3.05) is 46.0 Å². The zero-order valence-corrected chi connectivity index (χ0v) is 18.9. The molecule has 6 nitrogen and oxygen atoms in total. The normalized spacial score (nSPS) is 16.4. The Labute approximate surface area is 184 Å². The van der Waals surface area contributed by atoms with Crippen LogP contribution in [0.1, 0.15) is 35.9 Å². The lowest BCUT2D eigenvalue weighted by Crippen LogP contribution is -2.46. The molecule has 0 aliphatic carbocycles. The predicted molar refractivity (Wildman–Crippen MR) is 124 cm³/mol. The summed E-state index contributed by atoms with van der Waals surface area (Å²) in [5, 5.41) is 9.08. The van der Waals surface area contributed by atoms with Crippen molar-refractivity contribution in [3.05, 3.63) is 57.8 Å². The number of benzene rings is 1. The largest absolute Gasteiger partial charge is 0.379 e. The molecule has 0 spiro atoms. The molecule has 1 fully saturated rings. The van der Waals surface area contributed by atoms with Crippen molar-refractivity contribution in [2.24, 2.45) is 4.99 Å². The number of rotatable bonds is 10. The second kappa shape index (κ2) is 12.7. The van der Waals surface area contributed by atoms with Gasteiger partial charge in [0.05, 0.1) is 32.4 Å². The van der Waals surface area contributed by atoms with Crippen LogP contribution >= 0.6 is 11.3 Å². The maximum Gasteiger partial charge on any atom is 0.191 e. The summed E-state index contributed by atoms with van der Waals surface area (Å²) in [6.07, 6.45) is 0. The Balaban J connectivity index is 1.60. The van der Waals surface area contributed by atoms with E-state index in [9.17, 15) is 0 Å². The molecule has 0 amide bonds. The third kappa shape index (κ3) is 7.09. The summed E-state index contributed by atoms with van der Waals surface area (Å²) in [5.74, 6) is 0.853. The fraction of sp³-hybridized carbons (Fsp3) is 0.522. The van der Waals surface area contributed by atoms with Crippen LogP contribution < -0.4 is 10.6 Å². The van der Waals surface area contributed by atoms with E-state index >= 15 is 0 Å². The predicted octanol–water partition coefficient (Wildman–Crippen LogP) is 3.41. The van der Waals surface area contributed by atoms with Crippen LogP contribution in [0.25, 0.3) is 0 Å². The van der Waals surface area contributed by atoms with Gasteiger partial charge in [-0.05, 0) is 36.4 Å². The number of ether oxygens (including phenoxy) is 2. The second-order valence-corrected chi connectivity index (χ2v) is 8.19. The maximum absolute atomic E-state index is 5.55. The van der Waals surface area contributed by atoms with E-state index < -0.39 is 0 Å². The van der Waals surface area contributed by atoms with Gasteiger partial charge in [-0.15, -0.1) is 11.3 Å². The Hall–Kier alpha value is -1.93. The summed E-state index contributed by atoms with van der Waals surface area (Å²) in [6.45, 7) is 11.3. The lowest BCUT2D eigenvalue weighted by molar-refractivity contribution is 0.0177. The Morgan fingerprint density at radius 2 is 1.90 bits per heavy atom. The van der Waals surface area contributed by atoms with E-state index in [2.05, 4.69) is 64.2 Å².